The number of nitrogens with one attached hydrogen (secondary N) is 2. The van der Waals surface area contributed by atoms with Crippen LogP contribution in [-0.2, 0) is 9.59 Å². The predicted molar refractivity (Wildman–Crippen MR) is 98.3 cm³/mol. The average molecular weight is 361 g/mol. The zero-order valence-corrected chi connectivity index (χ0v) is 15.3. The molecule has 4 nitrogen and oxygen atoms in total. The van der Waals surface area contributed by atoms with Crippen LogP contribution in [0.3, 0.4) is 0 Å². The van der Waals surface area contributed by atoms with Crippen LogP contribution in [0.25, 0.3) is 0 Å². The lowest BCUT2D eigenvalue weighted by Gasteiger charge is -2.55. The van der Waals surface area contributed by atoms with Crippen LogP contribution in [0.4, 0.5) is 5.69 Å². The van der Waals surface area contributed by atoms with Crippen LogP contribution in [0.5, 0.6) is 0 Å². The van der Waals surface area contributed by atoms with E-state index in [-0.39, 0.29) is 17.2 Å². The van der Waals surface area contributed by atoms with Crippen molar-refractivity contribution in [3.8, 4) is 0 Å². The Hall–Kier alpha value is -1.55. The molecular formula is C20H25ClN2O2. The number of anilines is 1. The normalized spacial score (nSPS) is 33.8. The van der Waals surface area contributed by atoms with Gasteiger partial charge in [0.2, 0.25) is 11.8 Å². The first-order valence-electron chi connectivity index (χ1n) is 9.31. The van der Waals surface area contributed by atoms with E-state index in [4.69, 9.17) is 11.6 Å². The van der Waals surface area contributed by atoms with E-state index in [0.29, 0.717) is 28.5 Å². The lowest BCUT2D eigenvalue weighted by Crippen LogP contribution is -2.56. The molecular weight excluding hydrogens is 336 g/mol. The van der Waals surface area contributed by atoms with E-state index in [1.807, 2.05) is 0 Å². The lowest BCUT2D eigenvalue weighted by atomic mass is 9.49. The molecule has 4 bridgehead atoms. The number of benzene rings is 1. The van der Waals surface area contributed by atoms with Gasteiger partial charge in [0.15, 0.2) is 0 Å². The summed E-state index contributed by atoms with van der Waals surface area (Å²) in [7, 11) is 0. The summed E-state index contributed by atoms with van der Waals surface area (Å²) in [5.41, 5.74) is 0.424. The van der Waals surface area contributed by atoms with E-state index in [1.54, 1.807) is 31.2 Å². The highest BCUT2D eigenvalue weighted by atomic mass is 35.5. The van der Waals surface area contributed by atoms with Crippen molar-refractivity contribution in [3.63, 3.8) is 0 Å². The molecule has 0 radical (unpaired) electrons. The fourth-order valence-electron chi connectivity index (χ4n) is 5.62. The number of hydrogen-bond acceptors (Lipinski definition) is 2. The summed E-state index contributed by atoms with van der Waals surface area (Å²) in [6.45, 7) is 1.75. The molecule has 4 fully saturated rings. The Bertz CT molecular complexity index is 667. The predicted octanol–water partition coefficient (Wildman–Crippen LogP) is 4.00. The molecule has 0 heterocycles. The molecule has 5 heteroatoms. The largest absolute Gasteiger partial charge is 0.344 e. The van der Waals surface area contributed by atoms with Crippen molar-refractivity contribution in [2.24, 2.45) is 23.2 Å². The molecule has 25 heavy (non-hydrogen) atoms. The Kier molecular flexibility index (Phi) is 4.27. The fourth-order valence-corrected chi connectivity index (χ4v) is 5.81. The number of hydrogen-bond donors (Lipinski definition) is 2. The molecule has 2 amide bonds. The van der Waals surface area contributed by atoms with Gasteiger partial charge in [-0.25, -0.2) is 0 Å². The highest BCUT2D eigenvalue weighted by molar-refractivity contribution is 6.30. The topological polar surface area (TPSA) is 58.2 Å². The second-order valence-electron chi connectivity index (χ2n) is 8.39. The number of rotatable bonds is 4. The van der Waals surface area contributed by atoms with Crippen molar-refractivity contribution in [1.29, 1.82) is 0 Å². The standard InChI is InChI=1S/C20H25ClN2O2/c1-12(18(24)23-17-4-2-3-16(21)8-17)22-19(25)20-9-13-5-14(10-20)7-15(6-13)11-20/h2-4,8,12-15H,5-7,9-11H2,1H3,(H,22,25)(H,23,24)/t12-,13?,14?,15?,20?/m0/s1. The van der Waals surface area contributed by atoms with Crippen molar-refractivity contribution in [1.82, 2.24) is 5.32 Å². The van der Waals surface area contributed by atoms with Crippen LogP contribution in [0, 0.1) is 23.2 Å². The first-order valence-corrected chi connectivity index (χ1v) is 9.69. The molecule has 0 aromatic heterocycles. The third kappa shape index (κ3) is 3.29. The number of carbonyl (C=O) groups excluding carboxylic acids is 2. The van der Waals surface area contributed by atoms with Crippen LogP contribution < -0.4 is 10.6 Å². The average Bonchev–Trinajstić information content (AvgIpc) is 2.53. The molecule has 4 aliphatic rings. The van der Waals surface area contributed by atoms with Gasteiger partial charge in [0.05, 0.1) is 0 Å². The molecule has 1 atom stereocenters. The van der Waals surface area contributed by atoms with Gasteiger partial charge in [0.25, 0.3) is 0 Å². The summed E-state index contributed by atoms with van der Waals surface area (Å²) in [6, 6.07) is 6.48. The zero-order chi connectivity index (χ0) is 17.6. The molecule has 5 rings (SSSR count). The highest BCUT2D eigenvalue weighted by Gasteiger charge is 2.54. The molecule has 4 saturated carbocycles. The second kappa shape index (κ2) is 6.31. The summed E-state index contributed by atoms with van der Waals surface area (Å²) in [4.78, 5) is 25.4. The monoisotopic (exact) mass is 360 g/mol. The SMILES string of the molecule is C[C@H](NC(=O)C12CC3CC(CC(C3)C1)C2)C(=O)Nc1cccc(Cl)c1. The minimum Gasteiger partial charge on any atom is -0.344 e. The summed E-state index contributed by atoms with van der Waals surface area (Å²) >= 11 is 5.95. The van der Waals surface area contributed by atoms with Crippen molar-refractivity contribution >= 4 is 29.1 Å². The molecule has 1 aromatic carbocycles. The van der Waals surface area contributed by atoms with Gasteiger partial charge in [-0.3, -0.25) is 9.59 Å². The first kappa shape index (κ1) is 16.9. The second-order valence-corrected chi connectivity index (χ2v) is 8.83. The van der Waals surface area contributed by atoms with E-state index in [2.05, 4.69) is 10.6 Å². The number of amides is 2. The Morgan fingerprint density at radius 2 is 1.72 bits per heavy atom. The molecule has 0 saturated heterocycles. The maximum Gasteiger partial charge on any atom is 0.246 e. The third-order valence-electron chi connectivity index (χ3n) is 6.35. The van der Waals surface area contributed by atoms with Crippen molar-refractivity contribution in [2.75, 3.05) is 5.32 Å². The van der Waals surface area contributed by atoms with Crippen molar-refractivity contribution < 1.29 is 9.59 Å². The molecule has 0 unspecified atom stereocenters. The van der Waals surface area contributed by atoms with Gasteiger partial charge >= 0.3 is 0 Å². The Balaban J connectivity index is 1.39. The Labute approximate surface area is 153 Å². The summed E-state index contributed by atoms with van der Waals surface area (Å²) in [5, 5.41) is 6.38. The lowest BCUT2D eigenvalue weighted by molar-refractivity contribution is -0.147. The molecule has 4 aliphatic carbocycles. The molecule has 2 N–H and O–H groups in total. The van der Waals surface area contributed by atoms with E-state index >= 15 is 0 Å². The maximum atomic E-state index is 13.0. The maximum absolute atomic E-state index is 13.0. The van der Waals surface area contributed by atoms with Crippen molar-refractivity contribution in [3.05, 3.63) is 29.3 Å². The zero-order valence-electron chi connectivity index (χ0n) is 14.6. The van der Waals surface area contributed by atoms with Gasteiger partial charge in [0, 0.05) is 16.1 Å². The minimum atomic E-state index is -0.556. The molecule has 134 valence electrons. The van der Waals surface area contributed by atoms with E-state index in [0.717, 1.165) is 19.3 Å². The van der Waals surface area contributed by atoms with E-state index in [1.165, 1.54) is 19.3 Å². The van der Waals surface area contributed by atoms with Gasteiger partial charge < -0.3 is 10.6 Å². The van der Waals surface area contributed by atoms with Crippen LogP contribution >= 0.6 is 11.6 Å². The highest BCUT2D eigenvalue weighted by Crippen LogP contribution is 2.60. The number of carbonyl (C=O) groups is 2. The van der Waals surface area contributed by atoms with Crippen LogP contribution in [0.1, 0.15) is 45.4 Å². The van der Waals surface area contributed by atoms with Crippen LogP contribution in [0.2, 0.25) is 5.02 Å². The van der Waals surface area contributed by atoms with E-state index < -0.39 is 6.04 Å². The van der Waals surface area contributed by atoms with Gasteiger partial charge in [-0.1, -0.05) is 17.7 Å². The van der Waals surface area contributed by atoms with Crippen LogP contribution in [-0.4, -0.2) is 17.9 Å². The molecule has 0 spiro atoms. The van der Waals surface area contributed by atoms with Crippen LogP contribution in [0.15, 0.2) is 24.3 Å². The van der Waals surface area contributed by atoms with Crippen molar-refractivity contribution in [2.45, 2.75) is 51.5 Å². The minimum absolute atomic E-state index is 0.0837. The Morgan fingerprint density at radius 1 is 1.12 bits per heavy atom. The molecule has 0 aliphatic heterocycles. The third-order valence-corrected chi connectivity index (χ3v) is 6.59. The summed E-state index contributed by atoms with van der Waals surface area (Å²) in [6.07, 6.45) is 6.93. The molecule has 1 aromatic rings. The summed E-state index contributed by atoms with van der Waals surface area (Å²) in [5.74, 6) is 2.02. The van der Waals surface area contributed by atoms with Gasteiger partial charge in [0.1, 0.15) is 6.04 Å². The van der Waals surface area contributed by atoms with Gasteiger partial charge in [-0.05, 0) is 81.4 Å². The smallest absolute Gasteiger partial charge is 0.246 e. The number of halogens is 1. The quantitative estimate of drug-likeness (QED) is 0.852. The summed E-state index contributed by atoms with van der Waals surface area (Å²) < 4.78 is 0. The van der Waals surface area contributed by atoms with Gasteiger partial charge in [-0.2, -0.15) is 0 Å². The first-order chi connectivity index (χ1) is 11.9. The van der Waals surface area contributed by atoms with E-state index in [9.17, 15) is 9.59 Å². The Morgan fingerprint density at radius 3 is 2.28 bits per heavy atom. The van der Waals surface area contributed by atoms with Gasteiger partial charge in [-0.15, -0.1) is 0 Å². The fraction of sp³-hybridized carbons (Fsp3) is 0.600.